The Morgan fingerprint density at radius 1 is 1.55 bits per heavy atom. The molecular formula is C13H21N5O2. The minimum absolute atomic E-state index is 0.104. The number of amides is 1. The summed E-state index contributed by atoms with van der Waals surface area (Å²) in [6.45, 7) is 3.77. The third-order valence-corrected chi connectivity index (χ3v) is 4.04. The molecule has 1 amide bonds. The Morgan fingerprint density at radius 3 is 3.15 bits per heavy atom. The van der Waals surface area contributed by atoms with Crippen LogP contribution in [0.15, 0.2) is 4.52 Å². The molecule has 2 saturated heterocycles. The number of nitrogens with one attached hydrogen (secondary N) is 2. The van der Waals surface area contributed by atoms with Crippen molar-refractivity contribution >= 4 is 5.91 Å². The molecule has 2 atom stereocenters. The topological polar surface area (TPSA) is 83.3 Å². The van der Waals surface area contributed by atoms with Gasteiger partial charge in [-0.1, -0.05) is 5.16 Å². The van der Waals surface area contributed by atoms with E-state index >= 15 is 0 Å². The van der Waals surface area contributed by atoms with E-state index in [2.05, 4.69) is 32.7 Å². The summed E-state index contributed by atoms with van der Waals surface area (Å²) in [5, 5.41) is 9.94. The van der Waals surface area contributed by atoms with Crippen LogP contribution in [-0.2, 0) is 0 Å². The molecule has 0 aliphatic carbocycles. The first-order chi connectivity index (χ1) is 9.72. The fourth-order valence-electron chi connectivity index (χ4n) is 2.87. The van der Waals surface area contributed by atoms with Crippen LogP contribution >= 0.6 is 0 Å². The molecule has 2 unspecified atom stereocenters. The van der Waals surface area contributed by atoms with E-state index in [0.29, 0.717) is 18.4 Å². The normalized spacial score (nSPS) is 27.1. The van der Waals surface area contributed by atoms with E-state index in [0.717, 1.165) is 38.9 Å². The van der Waals surface area contributed by atoms with E-state index in [9.17, 15) is 4.79 Å². The quantitative estimate of drug-likeness (QED) is 0.818. The first kappa shape index (κ1) is 13.5. The van der Waals surface area contributed by atoms with Gasteiger partial charge in [-0.2, -0.15) is 4.98 Å². The molecule has 20 heavy (non-hydrogen) atoms. The van der Waals surface area contributed by atoms with E-state index in [1.807, 2.05) is 0 Å². The number of hydrogen-bond donors (Lipinski definition) is 2. The van der Waals surface area contributed by atoms with Crippen molar-refractivity contribution in [2.24, 2.45) is 5.92 Å². The fourth-order valence-corrected chi connectivity index (χ4v) is 2.87. The molecule has 7 nitrogen and oxygen atoms in total. The second kappa shape index (κ2) is 5.88. The Labute approximate surface area is 118 Å². The van der Waals surface area contributed by atoms with E-state index in [1.54, 1.807) is 0 Å². The number of aromatic nitrogens is 2. The molecule has 2 N–H and O–H groups in total. The lowest BCUT2D eigenvalue weighted by atomic mass is 10.1. The van der Waals surface area contributed by atoms with Crippen LogP contribution in [0.4, 0.5) is 0 Å². The molecule has 7 heteroatoms. The summed E-state index contributed by atoms with van der Waals surface area (Å²) in [4.78, 5) is 18.4. The van der Waals surface area contributed by atoms with E-state index < -0.39 is 0 Å². The zero-order chi connectivity index (χ0) is 13.9. The van der Waals surface area contributed by atoms with Crippen molar-refractivity contribution in [3.8, 4) is 0 Å². The lowest BCUT2D eigenvalue weighted by molar-refractivity contribution is 0.0934. The number of carbonyl (C=O) groups excluding carboxylic acids is 1. The average Bonchev–Trinajstić information content (AvgIpc) is 3.16. The van der Waals surface area contributed by atoms with E-state index in [1.165, 1.54) is 0 Å². The highest BCUT2D eigenvalue weighted by Crippen LogP contribution is 2.21. The third kappa shape index (κ3) is 2.99. The second-order valence-corrected chi connectivity index (χ2v) is 5.73. The number of nitrogens with zero attached hydrogens (tertiary/aromatic N) is 3. The van der Waals surface area contributed by atoms with Gasteiger partial charge in [-0.25, -0.2) is 0 Å². The van der Waals surface area contributed by atoms with Crippen LogP contribution in [0.25, 0.3) is 0 Å². The smallest absolute Gasteiger partial charge is 0.292 e. The molecule has 2 fully saturated rings. The molecular weight excluding hydrogens is 258 g/mol. The molecule has 1 aromatic rings. The van der Waals surface area contributed by atoms with Gasteiger partial charge in [-0.15, -0.1) is 0 Å². The molecule has 0 radical (unpaired) electrons. The maximum Gasteiger partial charge on any atom is 0.292 e. The van der Waals surface area contributed by atoms with Gasteiger partial charge < -0.3 is 20.1 Å². The summed E-state index contributed by atoms with van der Waals surface area (Å²) in [5.41, 5.74) is 0. The Morgan fingerprint density at radius 2 is 2.45 bits per heavy atom. The maximum absolute atomic E-state index is 12.0. The lowest BCUT2D eigenvalue weighted by Crippen LogP contribution is -2.31. The first-order valence-electron chi connectivity index (χ1n) is 7.26. The van der Waals surface area contributed by atoms with Gasteiger partial charge in [-0.05, 0) is 45.3 Å². The minimum Gasteiger partial charge on any atom is -0.349 e. The molecule has 0 saturated carbocycles. The lowest BCUT2D eigenvalue weighted by Gasteiger charge is -2.10. The third-order valence-electron chi connectivity index (χ3n) is 4.04. The zero-order valence-corrected chi connectivity index (χ0v) is 11.8. The predicted octanol–water partition coefficient (Wildman–Crippen LogP) is 0.176. The van der Waals surface area contributed by atoms with Gasteiger partial charge in [0.15, 0.2) is 0 Å². The number of rotatable bonds is 4. The number of likely N-dealkylation sites (tertiary alicyclic amines) is 1. The summed E-state index contributed by atoms with van der Waals surface area (Å²) < 4.78 is 5.17. The van der Waals surface area contributed by atoms with Crippen molar-refractivity contribution < 1.29 is 9.32 Å². The van der Waals surface area contributed by atoms with Crippen molar-refractivity contribution in [1.29, 1.82) is 0 Å². The second-order valence-electron chi connectivity index (χ2n) is 5.73. The molecule has 3 rings (SSSR count). The zero-order valence-electron chi connectivity index (χ0n) is 11.8. The fraction of sp³-hybridized carbons (Fsp3) is 0.769. The van der Waals surface area contributed by atoms with Crippen LogP contribution in [0.1, 0.15) is 41.8 Å². The van der Waals surface area contributed by atoms with Gasteiger partial charge in [0.25, 0.3) is 11.7 Å². The standard InChI is InChI=1S/C13H21N5O2/c1-18-6-4-9(8-18)7-15-12(19)11-16-13(20-17-11)10-3-2-5-14-10/h9-10,14H,2-8H2,1H3,(H,15,19). The summed E-state index contributed by atoms with van der Waals surface area (Å²) in [6.07, 6.45) is 3.21. The average molecular weight is 279 g/mol. The molecule has 2 aliphatic heterocycles. The number of hydrogen-bond acceptors (Lipinski definition) is 6. The number of carbonyl (C=O) groups is 1. The molecule has 0 bridgehead atoms. The SMILES string of the molecule is CN1CCC(CNC(=O)c2noc(C3CCCN3)n2)C1. The minimum atomic E-state index is -0.243. The van der Waals surface area contributed by atoms with Crippen LogP contribution in [0.3, 0.4) is 0 Å². The van der Waals surface area contributed by atoms with Crippen LogP contribution in [0.2, 0.25) is 0 Å². The van der Waals surface area contributed by atoms with Crippen LogP contribution in [-0.4, -0.2) is 54.2 Å². The van der Waals surface area contributed by atoms with Gasteiger partial charge in [0, 0.05) is 13.1 Å². The molecule has 2 aliphatic rings. The van der Waals surface area contributed by atoms with E-state index in [4.69, 9.17) is 4.52 Å². The Hall–Kier alpha value is -1.47. The molecule has 0 aromatic carbocycles. The van der Waals surface area contributed by atoms with Crippen molar-refractivity contribution in [2.45, 2.75) is 25.3 Å². The highest BCUT2D eigenvalue weighted by Gasteiger charge is 2.25. The van der Waals surface area contributed by atoms with E-state index in [-0.39, 0.29) is 17.8 Å². The van der Waals surface area contributed by atoms with Gasteiger partial charge in [0.2, 0.25) is 5.89 Å². The van der Waals surface area contributed by atoms with Gasteiger partial charge in [-0.3, -0.25) is 4.79 Å². The molecule has 1 aromatic heterocycles. The monoisotopic (exact) mass is 279 g/mol. The van der Waals surface area contributed by atoms with Crippen molar-refractivity contribution in [2.75, 3.05) is 33.2 Å². The van der Waals surface area contributed by atoms with Crippen molar-refractivity contribution in [3.63, 3.8) is 0 Å². The largest absolute Gasteiger partial charge is 0.349 e. The van der Waals surface area contributed by atoms with Crippen molar-refractivity contribution in [1.82, 2.24) is 25.7 Å². The maximum atomic E-state index is 12.0. The summed E-state index contributed by atoms with van der Waals surface area (Å²) in [6, 6.07) is 0.104. The van der Waals surface area contributed by atoms with Crippen molar-refractivity contribution in [3.05, 3.63) is 11.7 Å². The van der Waals surface area contributed by atoms with Crippen LogP contribution in [0.5, 0.6) is 0 Å². The molecule has 0 spiro atoms. The molecule has 110 valence electrons. The Bertz CT molecular complexity index is 469. The summed E-state index contributed by atoms with van der Waals surface area (Å²) in [7, 11) is 2.10. The summed E-state index contributed by atoms with van der Waals surface area (Å²) in [5.74, 6) is 0.938. The van der Waals surface area contributed by atoms with Crippen LogP contribution in [0, 0.1) is 5.92 Å². The van der Waals surface area contributed by atoms with Gasteiger partial charge in [0.05, 0.1) is 6.04 Å². The summed E-state index contributed by atoms with van der Waals surface area (Å²) >= 11 is 0. The Balaban J connectivity index is 1.52. The highest BCUT2D eigenvalue weighted by molar-refractivity contribution is 5.90. The highest BCUT2D eigenvalue weighted by atomic mass is 16.5. The van der Waals surface area contributed by atoms with Gasteiger partial charge in [0.1, 0.15) is 0 Å². The molecule has 3 heterocycles. The first-order valence-corrected chi connectivity index (χ1v) is 7.26. The van der Waals surface area contributed by atoms with Crippen LogP contribution < -0.4 is 10.6 Å². The Kier molecular flexibility index (Phi) is 3.98. The van der Waals surface area contributed by atoms with Gasteiger partial charge >= 0.3 is 0 Å². The predicted molar refractivity (Wildman–Crippen MR) is 72.2 cm³/mol.